The van der Waals surface area contributed by atoms with Crippen molar-refractivity contribution in [1.29, 1.82) is 0 Å². The maximum Gasteiger partial charge on any atom is 0.417 e. The Balaban J connectivity index is 0.000000169. The summed E-state index contributed by atoms with van der Waals surface area (Å²) in [7, 11) is 0. The Kier molecular flexibility index (Phi) is 6.88. The molecule has 1 aliphatic heterocycles. The highest BCUT2D eigenvalue weighted by Gasteiger charge is 2.33. The maximum absolute atomic E-state index is 12.7. The molecule has 2 heterocycles. The van der Waals surface area contributed by atoms with E-state index in [0.29, 0.717) is 11.6 Å². The van der Waals surface area contributed by atoms with Crippen molar-refractivity contribution in [2.75, 3.05) is 18.0 Å². The normalized spacial score (nSPS) is 16.7. The van der Waals surface area contributed by atoms with Gasteiger partial charge in [0, 0.05) is 25.3 Å². The molecule has 3 nitrogen and oxygen atoms in total. The van der Waals surface area contributed by atoms with Crippen molar-refractivity contribution in [3.05, 3.63) is 84.6 Å². The van der Waals surface area contributed by atoms with Gasteiger partial charge in [-0.3, -0.25) is 0 Å². The minimum absolute atomic E-state index is 0.218. The Morgan fingerprint density at radius 2 is 1.59 bits per heavy atom. The Morgan fingerprint density at radius 3 is 2.24 bits per heavy atom. The fourth-order valence-electron chi connectivity index (χ4n) is 3.36. The average Bonchev–Trinajstić information content (AvgIpc) is 2.75. The average molecular weight is 399 g/mol. The van der Waals surface area contributed by atoms with Crippen LogP contribution in [0.5, 0.6) is 0 Å². The largest absolute Gasteiger partial charge is 0.417 e. The number of piperidine rings is 1. The number of hydrogen-bond acceptors (Lipinski definition) is 3. The molecule has 1 aliphatic rings. The predicted molar refractivity (Wildman–Crippen MR) is 111 cm³/mol. The summed E-state index contributed by atoms with van der Waals surface area (Å²) >= 11 is 0. The van der Waals surface area contributed by atoms with Gasteiger partial charge >= 0.3 is 6.18 Å². The number of halogens is 3. The first-order valence-electron chi connectivity index (χ1n) is 9.58. The van der Waals surface area contributed by atoms with Crippen LogP contribution in [0, 0.1) is 0 Å². The molecule has 1 fully saturated rings. The predicted octanol–water partition coefficient (Wildman–Crippen LogP) is 5.38. The Hall–Kier alpha value is -2.86. The molecule has 3 aromatic rings. The molecule has 0 saturated carbocycles. The Labute approximate surface area is 169 Å². The second-order valence-electron chi connectivity index (χ2n) is 6.95. The van der Waals surface area contributed by atoms with E-state index in [1.807, 2.05) is 24.4 Å². The SMILES string of the molecule is FC(F)(F)c1ccccc1-c1ccccc1.NC1CCCN(c2ccccn2)C1. The highest BCUT2D eigenvalue weighted by atomic mass is 19.4. The number of nitrogens with zero attached hydrogens (tertiary/aromatic N) is 2. The van der Waals surface area contributed by atoms with E-state index in [1.54, 1.807) is 36.4 Å². The van der Waals surface area contributed by atoms with Crippen LogP contribution < -0.4 is 10.6 Å². The fraction of sp³-hybridized carbons (Fsp3) is 0.261. The van der Waals surface area contributed by atoms with Crippen molar-refractivity contribution in [3.63, 3.8) is 0 Å². The van der Waals surface area contributed by atoms with Crippen LogP contribution in [0.2, 0.25) is 0 Å². The van der Waals surface area contributed by atoms with Gasteiger partial charge in [-0.25, -0.2) is 4.98 Å². The fourth-order valence-corrected chi connectivity index (χ4v) is 3.36. The van der Waals surface area contributed by atoms with Crippen molar-refractivity contribution < 1.29 is 13.2 Å². The van der Waals surface area contributed by atoms with Crippen LogP contribution in [-0.4, -0.2) is 24.1 Å². The molecule has 2 N–H and O–H groups in total. The van der Waals surface area contributed by atoms with Crippen LogP contribution in [0.3, 0.4) is 0 Å². The summed E-state index contributed by atoms with van der Waals surface area (Å²) in [6, 6.07) is 20.5. The van der Waals surface area contributed by atoms with E-state index in [9.17, 15) is 13.2 Å². The Bertz CT molecular complexity index is 883. The third kappa shape index (κ3) is 5.81. The minimum atomic E-state index is -4.31. The van der Waals surface area contributed by atoms with Gasteiger partial charge in [0.25, 0.3) is 0 Å². The zero-order valence-corrected chi connectivity index (χ0v) is 16.0. The van der Waals surface area contributed by atoms with Crippen LogP contribution in [0.15, 0.2) is 79.0 Å². The van der Waals surface area contributed by atoms with Gasteiger partial charge in [-0.05, 0) is 42.2 Å². The van der Waals surface area contributed by atoms with Crippen molar-refractivity contribution in [3.8, 4) is 11.1 Å². The summed E-state index contributed by atoms with van der Waals surface area (Å²) in [5, 5.41) is 0. The standard InChI is InChI=1S/C13H9F3.C10H15N3/c14-13(15,16)12-9-5-4-8-11(12)10-6-2-1-3-7-10;11-9-4-3-7-13(8-9)10-5-1-2-6-12-10/h1-9H;1-2,5-6,9H,3-4,7-8,11H2. The molecule has 0 aliphatic carbocycles. The number of nitrogens with two attached hydrogens (primary N) is 1. The van der Waals surface area contributed by atoms with E-state index in [0.717, 1.165) is 31.4 Å². The topological polar surface area (TPSA) is 42.1 Å². The van der Waals surface area contributed by atoms with Crippen LogP contribution in [-0.2, 0) is 6.18 Å². The van der Waals surface area contributed by atoms with E-state index >= 15 is 0 Å². The smallest absolute Gasteiger partial charge is 0.355 e. The van der Waals surface area contributed by atoms with Crippen LogP contribution in [0.25, 0.3) is 11.1 Å². The van der Waals surface area contributed by atoms with Gasteiger partial charge in [0.15, 0.2) is 0 Å². The van der Waals surface area contributed by atoms with Crippen LogP contribution in [0.1, 0.15) is 18.4 Å². The number of alkyl halides is 3. The molecule has 0 amide bonds. The molecule has 0 spiro atoms. The van der Waals surface area contributed by atoms with E-state index in [-0.39, 0.29) is 5.56 Å². The molecular weight excluding hydrogens is 375 g/mol. The number of hydrogen-bond donors (Lipinski definition) is 1. The first-order chi connectivity index (χ1) is 13.9. The molecule has 6 heteroatoms. The summed E-state index contributed by atoms with van der Waals surface area (Å²) in [5.74, 6) is 1.05. The van der Waals surface area contributed by atoms with Gasteiger partial charge in [-0.15, -0.1) is 0 Å². The van der Waals surface area contributed by atoms with Crippen molar-refractivity contribution in [2.45, 2.75) is 25.1 Å². The summed E-state index contributed by atoms with van der Waals surface area (Å²) in [5.41, 5.74) is 6.09. The van der Waals surface area contributed by atoms with E-state index in [4.69, 9.17) is 5.73 Å². The number of anilines is 1. The van der Waals surface area contributed by atoms with Gasteiger partial charge in [-0.1, -0.05) is 54.6 Å². The molecule has 152 valence electrons. The van der Waals surface area contributed by atoms with Crippen molar-refractivity contribution >= 4 is 5.82 Å². The van der Waals surface area contributed by atoms with Gasteiger partial charge in [0.2, 0.25) is 0 Å². The van der Waals surface area contributed by atoms with Crippen molar-refractivity contribution in [1.82, 2.24) is 4.98 Å². The molecule has 0 radical (unpaired) electrons. The molecule has 1 saturated heterocycles. The molecule has 1 atom stereocenters. The molecule has 4 rings (SSSR count). The number of aromatic nitrogens is 1. The highest BCUT2D eigenvalue weighted by Crippen LogP contribution is 2.36. The van der Waals surface area contributed by atoms with Crippen LogP contribution in [0.4, 0.5) is 19.0 Å². The Morgan fingerprint density at radius 1 is 0.897 bits per heavy atom. The van der Waals surface area contributed by atoms with Crippen LogP contribution >= 0.6 is 0 Å². The second-order valence-corrected chi connectivity index (χ2v) is 6.95. The second kappa shape index (κ2) is 9.56. The molecule has 29 heavy (non-hydrogen) atoms. The third-order valence-corrected chi connectivity index (χ3v) is 4.75. The lowest BCUT2D eigenvalue weighted by Crippen LogP contribution is -2.43. The maximum atomic E-state index is 12.7. The first-order valence-corrected chi connectivity index (χ1v) is 9.58. The van der Waals surface area contributed by atoms with E-state index < -0.39 is 11.7 Å². The summed E-state index contributed by atoms with van der Waals surface area (Å²) in [4.78, 5) is 6.57. The first kappa shape index (κ1) is 20.9. The van der Waals surface area contributed by atoms with Gasteiger partial charge < -0.3 is 10.6 Å². The van der Waals surface area contributed by atoms with Gasteiger partial charge in [0.05, 0.1) is 5.56 Å². The zero-order valence-electron chi connectivity index (χ0n) is 16.0. The monoisotopic (exact) mass is 399 g/mol. The minimum Gasteiger partial charge on any atom is -0.355 e. The van der Waals surface area contributed by atoms with E-state index in [2.05, 4.69) is 9.88 Å². The summed E-state index contributed by atoms with van der Waals surface area (Å²) < 4.78 is 38.2. The quantitative estimate of drug-likeness (QED) is 0.629. The molecular formula is C23H24F3N3. The third-order valence-electron chi connectivity index (χ3n) is 4.75. The lowest BCUT2D eigenvalue weighted by molar-refractivity contribution is -0.137. The summed E-state index contributed by atoms with van der Waals surface area (Å²) in [6.45, 7) is 2.03. The number of benzene rings is 2. The number of rotatable bonds is 2. The number of pyridine rings is 1. The molecule has 2 aromatic carbocycles. The highest BCUT2D eigenvalue weighted by molar-refractivity contribution is 5.67. The lowest BCUT2D eigenvalue weighted by Gasteiger charge is -2.31. The van der Waals surface area contributed by atoms with Gasteiger partial charge in [0.1, 0.15) is 5.82 Å². The lowest BCUT2D eigenvalue weighted by atomic mass is 9.99. The zero-order chi connectivity index (χ0) is 20.7. The van der Waals surface area contributed by atoms with Gasteiger partial charge in [-0.2, -0.15) is 13.2 Å². The van der Waals surface area contributed by atoms with Crippen molar-refractivity contribution in [2.24, 2.45) is 5.73 Å². The molecule has 0 bridgehead atoms. The molecule has 1 unspecified atom stereocenters. The summed E-state index contributed by atoms with van der Waals surface area (Å²) in [6.07, 6.45) is -0.164. The molecule has 1 aromatic heterocycles. The van der Waals surface area contributed by atoms with E-state index in [1.165, 1.54) is 18.6 Å².